The van der Waals surface area contributed by atoms with E-state index in [2.05, 4.69) is 38.3 Å². The predicted octanol–water partition coefficient (Wildman–Crippen LogP) is 5.13. The van der Waals surface area contributed by atoms with Gasteiger partial charge in [0.25, 0.3) is 0 Å². The summed E-state index contributed by atoms with van der Waals surface area (Å²) in [6, 6.07) is 10.4. The summed E-state index contributed by atoms with van der Waals surface area (Å²) in [5.41, 5.74) is 1.19. The number of piperidine rings is 1. The number of benzene rings is 1. The second-order valence-corrected chi connectivity index (χ2v) is 9.87. The summed E-state index contributed by atoms with van der Waals surface area (Å²) in [5, 5.41) is 3.46. The normalized spacial score (nSPS) is 21.9. The molecule has 3 heterocycles. The molecule has 152 valence electrons. The second kappa shape index (κ2) is 9.82. The molecule has 1 aromatic carbocycles. The first-order valence-corrected chi connectivity index (χ1v) is 12.0. The molecule has 1 aromatic heterocycles. The van der Waals surface area contributed by atoms with E-state index in [0.717, 1.165) is 32.1 Å². The largest absolute Gasteiger partial charge is 0.369 e. The first-order chi connectivity index (χ1) is 13.7. The van der Waals surface area contributed by atoms with E-state index >= 15 is 0 Å². The highest BCUT2D eigenvalue weighted by Crippen LogP contribution is 2.28. The summed E-state index contributed by atoms with van der Waals surface area (Å²) >= 11 is 14.1. The van der Waals surface area contributed by atoms with Crippen LogP contribution in [0.25, 0.3) is 0 Å². The lowest BCUT2D eigenvalue weighted by Crippen LogP contribution is -2.49. The summed E-state index contributed by atoms with van der Waals surface area (Å²) in [6.07, 6.45) is 3.92. The van der Waals surface area contributed by atoms with Crippen molar-refractivity contribution < 1.29 is 0 Å². The van der Waals surface area contributed by atoms with Crippen molar-refractivity contribution in [3.8, 4) is 0 Å². The standard InChI is InChI=1S/C22H29Cl2N3S/c23-21-6-5-19(15-22(21)24)27-12-10-26(11-13-27)17-18-3-1-8-25(16-18)9-7-20-4-2-14-28-20/h2,4-6,14-15,18H,1,3,7-13,16-17H2/t18-/m1/s1. The van der Waals surface area contributed by atoms with E-state index in [4.69, 9.17) is 23.2 Å². The van der Waals surface area contributed by atoms with Gasteiger partial charge in [-0.2, -0.15) is 0 Å². The Morgan fingerprint density at radius 2 is 1.82 bits per heavy atom. The minimum absolute atomic E-state index is 0.630. The van der Waals surface area contributed by atoms with Gasteiger partial charge in [0.05, 0.1) is 10.0 Å². The topological polar surface area (TPSA) is 9.72 Å². The van der Waals surface area contributed by atoms with E-state index in [1.54, 1.807) is 0 Å². The van der Waals surface area contributed by atoms with Crippen LogP contribution in [-0.2, 0) is 6.42 Å². The SMILES string of the molecule is Clc1ccc(N2CCN(C[C@@H]3CCCN(CCc4cccs4)C3)CC2)cc1Cl. The molecular weight excluding hydrogens is 409 g/mol. The maximum Gasteiger partial charge on any atom is 0.0612 e. The number of likely N-dealkylation sites (tertiary alicyclic amines) is 1. The van der Waals surface area contributed by atoms with Crippen molar-refractivity contribution in [3.63, 3.8) is 0 Å². The molecular formula is C22H29Cl2N3S. The molecule has 0 aliphatic carbocycles. The first-order valence-electron chi connectivity index (χ1n) is 10.3. The van der Waals surface area contributed by atoms with E-state index in [1.165, 1.54) is 56.0 Å². The number of rotatable bonds is 6. The van der Waals surface area contributed by atoms with Gasteiger partial charge in [0, 0.05) is 56.4 Å². The number of halogens is 2. The van der Waals surface area contributed by atoms with Gasteiger partial charge < -0.3 is 9.80 Å². The zero-order valence-corrected chi connectivity index (χ0v) is 18.7. The summed E-state index contributed by atoms with van der Waals surface area (Å²) in [4.78, 5) is 9.27. The molecule has 1 atom stereocenters. The quantitative estimate of drug-likeness (QED) is 0.619. The molecule has 2 saturated heterocycles. The van der Waals surface area contributed by atoms with Crippen LogP contribution in [-0.4, -0.2) is 62.2 Å². The van der Waals surface area contributed by atoms with Crippen molar-refractivity contribution in [2.45, 2.75) is 19.3 Å². The van der Waals surface area contributed by atoms with Crippen LogP contribution in [0, 0.1) is 5.92 Å². The van der Waals surface area contributed by atoms with E-state index in [9.17, 15) is 0 Å². The van der Waals surface area contributed by atoms with Gasteiger partial charge in [-0.05, 0) is 61.4 Å². The average Bonchev–Trinajstić information content (AvgIpc) is 3.23. The fraction of sp³-hybridized carbons (Fsp3) is 0.545. The van der Waals surface area contributed by atoms with E-state index in [0.29, 0.717) is 10.0 Å². The molecule has 2 aromatic rings. The van der Waals surface area contributed by atoms with Gasteiger partial charge in [0.2, 0.25) is 0 Å². The Labute approximate surface area is 182 Å². The first kappa shape index (κ1) is 20.5. The Bertz CT molecular complexity index is 744. The lowest BCUT2D eigenvalue weighted by molar-refractivity contribution is 0.130. The Morgan fingerprint density at radius 1 is 0.964 bits per heavy atom. The minimum Gasteiger partial charge on any atom is -0.369 e. The molecule has 0 amide bonds. The molecule has 2 aliphatic rings. The van der Waals surface area contributed by atoms with Gasteiger partial charge in [-0.3, -0.25) is 4.90 Å². The van der Waals surface area contributed by atoms with Crippen LogP contribution in [0.15, 0.2) is 35.7 Å². The van der Waals surface area contributed by atoms with Crippen LogP contribution in [0.3, 0.4) is 0 Å². The van der Waals surface area contributed by atoms with Gasteiger partial charge in [0.1, 0.15) is 0 Å². The lowest BCUT2D eigenvalue weighted by Gasteiger charge is -2.40. The van der Waals surface area contributed by atoms with Gasteiger partial charge >= 0.3 is 0 Å². The molecule has 0 unspecified atom stereocenters. The molecule has 28 heavy (non-hydrogen) atoms. The van der Waals surface area contributed by atoms with Crippen LogP contribution >= 0.6 is 34.5 Å². The monoisotopic (exact) mass is 437 g/mol. The summed E-state index contributed by atoms with van der Waals surface area (Å²) < 4.78 is 0. The third kappa shape index (κ3) is 5.43. The van der Waals surface area contributed by atoms with E-state index < -0.39 is 0 Å². The zero-order valence-electron chi connectivity index (χ0n) is 16.3. The maximum atomic E-state index is 6.19. The number of thiophene rings is 1. The fourth-order valence-corrected chi connectivity index (χ4v) is 5.45. The Kier molecular flexibility index (Phi) is 7.18. The lowest BCUT2D eigenvalue weighted by atomic mass is 9.97. The number of hydrogen-bond acceptors (Lipinski definition) is 4. The van der Waals surface area contributed by atoms with Gasteiger partial charge in [-0.15, -0.1) is 11.3 Å². The summed E-state index contributed by atoms with van der Waals surface area (Å²) in [7, 11) is 0. The number of anilines is 1. The Balaban J connectivity index is 1.22. The zero-order chi connectivity index (χ0) is 19.3. The van der Waals surface area contributed by atoms with Crippen molar-refractivity contribution in [1.29, 1.82) is 0 Å². The smallest absolute Gasteiger partial charge is 0.0612 e. The van der Waals surface area contributed by atoms with Crippen molar-refractivity contribution in [1.82, 2.24) is 9.80 Å². The highest BCUT2D eigenvalue weighted by Gasteiger charge is 2.24. The summed E-state index contributed by atoms with van der Waals surface area (Å²) in [6.45, 7) is 9.37. The van der Waals surface area contributed by atoms with Crippen molar-refractivity contribution in [3.05, 3.63) is 50.6 Å². The molecule has 2 fully saturated rings. The summed E-state index contributed by atoms with van der Waals surface area (Å²) in [5.74, 6) is 0.814. The highest BCUT2D eigenvalue weighted by molar-refractivity contribution is 7.09. The van der Waals surface area contributed by atoms with Crippen LogP contribution in [0.4, 0.5) is 5.69 Å². The number of nitrogens with zero attached hydrogens (tertiary/aromatic N) is 3. The molecule has 2 aliphatic heterocycles. The molecule has 0 spiro atoms. The molecule has 6 heteroatoms. The average molecular weight is 438 g/mol. The van der Waals surface area contributed by atoms with Gasteiger partial charge in [-0.1, -0.05) is 29.3 Å². The Morgan fingerprint density at radius 3 is 2.57 bits per heavy atom. The van der Waals surface area contributed by atoms with Crippen LogP contribution in [0.1, 0.15) is 17.7 Å². The third-order valence-electron chi connectivity index (χ3n) is 6.01. The molecule has 0 radical (unpaired) electrons. The van der Waals surface area contributed by atoms with Crippen molar-refractivity contribution >= 4 is 40.2 Å². The second-order valence-electron chi connectivity index (χ2n) is 8.02. The van der Waals surface area contributed by atoms with Gasteiger partial charge in [0.15, 0.2) is 0 Å². The number of piperazine rings is 1. The van der Waals surface area contributed by atoms with Crippen molar-refractivity contribution in [2.24, 2.45) is 5.92 Å². The third-order valence-corrected chi connectivity index (χ3v) is 7.69. The molecule has 4 rings (SSSR count). The molecule has 0 N–H and O–H groups in total. The van der Waals surface area contributed by atoms with E-state index in [-0.39, 0.29) is 0 Å². The number of hydrogen-bond donors (Lipinski definition) is 0. The van der Waals surface area contributed by atoms with Gasteiger partial charge in [-0.25, -0.2) is 0 Å². The van der Waals surface area contributed by atoms with E-state index in [1.807, 2.05) is 23.5 Å². The van der Waals surface area contributed by atoms with Crippen LogP contribution in [0.5, 0.6) is 0 Å². The van der Waals surface area contributed by atoms with Crippen LogP contribution in [0.2, 0.25) is 10.0 Å². The molecule has 0 saturated carbocycles. The molecule has 3 nitrogen and oxygen atoms in total. The minimum atomic E-state index is 0.630. The fourth-order valence-electron chi connectivity index (χ4n) is 4.46. The van der Waals surface area contributed by atoms with Crippen molar-refractivity contribution in [2.75, 3.05) is 57.3 Å². The molecule has 0 bridgehead atoms. The highest BCUT2D eigenvalue weighted by atomic mass is 35.5. The Hall–Kier alpha value is -0.780. The predicted molar refractivity (Wildman–Crippen MR) is 122 cm³/mol. The van der Waals surface area contributed by atoms with Crippen LogP contribution < -0.4 is 4.90 Å². The maximum absolute atomic E-state index is 6.19.